The molecule has 25 heavy (non-hydrogen) atoms. The SMILES string of the molecule is CCS(=O)(=O)c1ccc(NC(=O)c2ccc(SC)c([N+](=O)[O-])c2)cc1. The number of anilines is 1. The lowest BCUT2D eigenvalue weighted by atomic mass is 10.2. The van der Waals surface area contributed by atoms with Crippen LogP contribution in [0.4, 0.5) is 11.4 Å². The lowest BCUT2D eigenvalue weighted by molar-refractivity contribution is -0.387. The summed E-state index contributed by atoms with van der Waals surface area (Å²) < 4.78 is 23.5. The molecule has 0 aliphatic rings. The van der Waals surface area contributed by atoms with Crippen molar-refractivity contribution in [2.24, 2.45) is 0 Å². The number of nitro benzene ring substituents is 1. The zero-order chi connectivity index (χ0) is 18.6. The average molecular weight is 380 g/mol. The smallest absolute Gasteiger partial charge is 0.283 e. The van der Waals surface area contributed by atoms with Gasteiger partial charge in [-0.3, -0.25) is 14.9 Å². The first-order chi connectivity index (χ1) is 11.8. The predicted molar refractivity (Wildman–Crippen MR) is 97.0 cm³/mol. The van der Waals surface area contributed by atoms with Gasteiger partial charge in [-0.2, -0.15) is 0 Å². The summed E-state index contributed by atoms with van der Waals surface area (Å²) in [7, 11) is -3.31. The van der Waals surface area contributed by atoms with Gasteiger partial charge in [0.05, 0.1) is 20.5 Å². The Hall–Kier alpha value is -2.39. The Balaban J connectivity index is 2.23. The predicted octanol–water partition coefficient (Wildman–Crippen LogP) is 3.36. The highest BCUT2D eigenvalue weighted by molar-refractivity contribution is 7.98. The molecule has 1 N–H and O–H groups in total. The highest BCUT2D eigenvalue weighted by atomic mass is 32.2. The second-order valence-electron chi connectivity index (χ2n) is 5.03. The fourth-order valence-corrected chi connectivity index (χ4v) is 3.52. The fraction of sp³-hybridized carbons (Fsp3) is 0.188. The van der Waals surface area contributed by atoms with Crippen molar-refractivity contribution in [2.75, 3.05) is 17.3 Å². The molecule has 0 unspecified atom stereocenters. The van der Waals surface area contributed by atoms with Crippen LogP contribution in [-0.2, 0) is 9.84 Å². The first-order valence-electron chi connectivity index (χ1n) is 7.25. The van der Waals surface area contributed by atoms with Gasteiger partial charge < -0.3 is 5.32 Å². The van der Waals surface area contributed by atoms with Gasteiger partial charge in [0, 0.05) is 17.3 Å². The second kappa shape index (κ2) is 7.66. The number of hydrogen-bond acceptors (Lipinski definition) is 6. The third-order valence-electron chi connectivity index (χ3n) is 3.49. The van der Waals surface area contributed by atoms with Crippen LogP contribution in [-0.4, -0.2) is 31.3 Å². The number of sulfone groups is 1. The molecule has 0 aliphatic carbocycles. The van der Waals surface area contributed by atoms with Crippen LogP contribution < -0.4 is 5.32 Å². The van der Waals surface area contributed by atoms with Crippen LogP contribution >= 0.6 is 11.8 Å². The number of amides is 1. The molecule has 2 aromatic carbocycles. The summed E-state index contributed by atoms with van der Waals surface area (Å²) in [4.78, 5) is 23.5. The normalized spacial score (nSPS) is 11.1. The largest absolute Gasteiger partial charge is 0.322 e. The minimum absolute atomic E-state index is 0.00976. The number of carbonyl (C=O) groups is 1. The van der Waals surface area contributed by atoms with E-state index in [9.17, 15) is 23.3 Å². The zero-order valence-corrected chi connectivity index (χ0v) is 15.2. The Kier molecular flexibility index (Phi) is 5.81. The van der Waals surface area contributed by atoms with Crippen molar-refractivity contribution in [3.8, 4) is 0 Å². The van der Waals surface area contributed by atoms with Crippen LogP contribution in [0.2, 0.25) is 0 Å². The molecular weight excluding hydrogens is 364 g/mol. The highest BCUT2D eigenvalue weighted by Gasteiger charge is 2.17. The molecule has 0 saturated carbocycles. The second-order valence-corrected chi connectivity index (χ2v) is 8.15. The lowest BCUT2D eigenvalue weighted by Gasteiger charge is -2.08. The van der Waals surface area contributed by atoms with Crippen LogP contribution in [0.25, 0.3) is 0 Å². The summed E-state index contributed by atoms with van der Waals surface area (Å²) in [5.41, 5.74) is 0.413. The molecule has 132 valence electrons. The van der Waals surface area contributed by atoms with Crippen molar-refractivity contribution in [1.29, 1.82) is 0 Å². The lowest BCUT2D eigenvalue weighted by Crippen LogP contribution is -2.12. The van der Waals surface area contributed by atoms with Crippen molar-refractivity contribution in [2.45, 2.75) is 16.7 Å². The summed E-state index contributed by atoms with van der Waals surface area (Å²) in [6, 6.07) is 10.0. The molecule has 0 spiro atoms. The Labute approximate surface area is 149 Å². The number of nitrogens with zero attached hydrogens (tertiary/aromatic N) is 1. The van der Waals surface area contributed by atoms with Gasteiger partial charge in [0.2, 0.25) is 0 Å². The Morgan fingerprint density at radius 3 is 2.36 bits per heavy atom. The van der Waals surface area contributed by atoms with E-state index in [4.69, 9.17) is 0 Å². The molecule has 0 bridgehead atoms. The summed E-state index contributed by atoms with van der Waals surface area (Å²) in [5.74, 6) is -0.522. The molecule has 7 nitrogen and oxygen atoms in total. The maximum atomic E-state index is 12.3. The maximum Gasteiger partial charge on any atom is 0.283 e. The van der Waals surface area contributed by atoms with E-state index in [1.165, 1.54) is 54.2 Å². The quantitative estimate of drug-likeness (QED) is 0.468. The van der Waals surface area contributed by atoms with E-state index in [1.807, 2.05) is 0 Å². The zero-order valence-electron chi connectivity index (χ0n) is 13.6. The number of hydrogen-bond donors (Lipinski definition) is 1. The molecule has 0 fully saturated rings. The van der Waals surface area contributed by atoms with Crippen molar-refractivity contribution in [3.05, 3.63) is 58.1 Å². The van der Waals surface area contributed by atoms with Gasteiger partial charge in [-0.1, -0.05) is 6.92 Å². The highest BCUT2D eigenvalue weighted by Crippen LogP contribution is 2.28. The van der Waals surface area contributed by atoms with Crippen LogP contribution in [0, 0.1) is 10.1 Å². The van der Waals surface area contributed by atoms with Gasteiger partial charge in [-0.15, -0.1) is 11.8 Å². The minimum Gasteiger partial charge on any atom is -0.322 e. The van der Waals surface area contributed by atoms with E-state index in [0.29, 0.717) is 10.6 Å². The Morgan fingerprint density at radius 1 is 1.20 bits per heavy atom. The summed E-state index contributed by atoms with van der Waals surface area (Å²) in [6.07, 6.45) is 1.72. The van der Waals surface area contributed by atoms with Gasteiger partial charge in [0.25, 0.3) is 11.6 Å². The van der Waals surface area contributed by atoms with Crippen molar-refractivity contribution < 1.29 is 18.1 Å². The first kappa shape index (κ1) is 18.9. The molecule has 9 heteroatoms. The van der Waals surface area contributed by atoms with E-state index < -0.39 is 20.7 Å². The van der Waals surface area contributed by atoms with E-state index in [2.05, 4.69) is 5.32 Å². The van der Waals surface area contributed by atoms with Crippen molar-refractivity contribution >= 4 is 38.9 Å². The number of carbonyl (C=O) groups excluding carboxylic acids is 1. The Morgan fingerprint density at radius 2 is 1.84 bits per heavy atom. The third-order valence-corrected chi connectivity index (χ3v) is 6.02. The summed E-state index contributed by atoms with van der Waals surface area (Å²) >= 11 is 1.22. The summed E-state index contributed by atoms with van der Waals surface area (Å²) in [5, 5.41) is 13.7. The van der Waals surface area contributed by atoms with Crippen molar-refractivity contribution in [1.82, 2.24) is 0 Å². The summed E-state index contributed by atoms with van der Waals surface area (Å²) in [6.45, 7) is 1.55. The first-order valence-corrected chi connectivity index (χ1v) is 10.1. The number of rotatable bonds is 6. The van der Waals surface area contributed by atoms with Crippen LogP contribution in [0.1, 0.15) is 17.3 Å². The third kappa shape index (κ3) is 4.37. The van der Waals surface area contributed by atoms with E-state index in [1.54, 1.807) is 13.2 Å². The number of benzene rings is 2. The van der Waals surface area contributed by atoms with E-state index in [-0.39, 0.29) is 21.9 Å². The average Bonchev–Trinajstić information content (AvgIpc) is 2.61. The molecule has 2 aromatic rings. The van der Waals surface area contributed by atoms with Gasteiger partial charge >= 0.3 is 0 Å². The molecule has 0 saturated heterocycles. The van der Waals surface area contributed by atoms with Crippen LogP contribution in [0.3, 0.4) is 0 Å². The molecule has 2 rings (SSSR count). The standard InChI is InChI=1S/C16H16N2O5S2/c1-3-25(22,23)13-7-5-12(6-8-13)17-16(19)11-4-9-15(24-2)14(10-11)18(20)21/h4-10H,3H2,1-2H3,(H,17,19). The molecule has 0 aliphatic heterocycles. The van der Waals surface area contributed by atoms with Gasteiger partial charge in [0.1, 0.15) is 0 Å². The Bertz CT molecular complexity index is 909. The molecule has 0 heterocycles. The van der Waals surface area contributed by atoms with Crippen LogP contribution in [0.5, 0.6) is 0 Å². The topological polar surface area (TPSA) is 106 Å². The van der Waals surface area contributed by atoms with Crippen molar-refractivity contribution in [3.63, 3.8) is 0 Å². The van der Waals surface area contributed by atoms with E-state index >= 15 is 0 Å². The van der Waals surface area contributed by atoms with E-state index in [0.717, 1.165) is 0 Å². The molecule has 1 amide bonds. The molecular formula is C16H16N2O5S2. The fourth-order valence-electron chi connectivity index (χ4n) is 2.09. The van der Waals surface area contributed by atoms with Gasteiger partial charge in [-0.25, -0.2) is 8.42 Å². The molecule has 0 radical (unpaired) electrons. The van der Waals surface area contributed by atoms with Gasteiger partial charge in [-0.05, 0) is 42.7 Å². The molecule has 0 aromatic heterocycles. The number of thioether (sulfide) groups is 1. The van der Waals surface area contributed by atoms with Gasteiger partial charge in [0.15, 0.2) is 9.84 Å². The number of nitro groups is 1. The minimum atomic E-state index is -3.31. The number of nitrogens with one attached hydrogen (secondary N) is 1. The molecule has 0 atom stereocenters. The monoisotopic (exact) mass is 380 g/mol. The van der Waals surface area contributed by atoms with Crippen LogP contribution in [0.15, 0.2) is 52.3 Å². The maximum absolute atomic E-state index is 12.3.